The van der Waals surface area contributed by atoms with Crippen molar-refractivity contribution in [3.8, 4) is 0 Å². The van der Waals surface area contributed by atoms with Crippen LogP contribution in [0.5, 0.6) is 0 Å². The van der Waals surface area contributed by atoms with E-state index in [2.05, 4.69) is 20.5 Å². The molecule has 0 atom stereocenters. The highest BCUT2D eigenvalue weighted by atomic mass is 32.1. The number of aliphatic hydroxyl groups excluding tert-OH is 1. The minimum atomic E-state index is -0.965. The number of carboxylic acid groups (broad SMARTS) is 1. The van der Waals surface area contributed by atoms with Crippen molar-refractivity contribution in [2.45, 2.75) is 13.5 Å². The van der Waals surface area contributed by atoms with Crippen molar-refractivity contribution in [2.24, 2.45) is 5.10 Å². The highest BCUT2D eigenvalue weighted by molar-refractivity contribution is 7.19. The van der Waals surface area contributed by atoms with Gasteiger partial charge in [-0.05, 0) is 30.2 Å². The minimum Gasteiger partial charge on any atom is -0.478 e. The summed E-state index contributed by atoms with van der Waals surface area (Å²) in [4.78, 5) is 20.1. The molecule has 2 heterocycles. The van der Waals surface area contributed by atoms with Gasteiger partial charge in [0.15, 0.2) is 5.82 Å². The van der Waals surface area contributed by atoms with E-state index >= 15 is 0 Å². The number of anilines is 1. The van der Waals surface area contributed by atoms with Crippen LogP contribution in [0.2, 0.25) is 0 Å². The number of carboxylic acids is 1. The van der Waals surface area contributed by atoms with Crippen molar-refractivity contribution in [1.82, 2.24) is 9.97 Å². The summed E-state index contributed by atoms with van der Waals surface area (Å²) in [5.74, 6) is -0.404. The summed E-state index contributed by atoms with van der Waals surface area (Å²) in [6, 6.07) is 6.37. The van der Waals surface area contributed by atoms with E-state index in [4.69, 9.17) is 5.11 Å². The van der Waals surface area contributed by atoms with Crippen LogP contribution in [0.25, 0.3) is 10.2 Å². The van der Waals surface area contributed by atoms with E-state index in [9.17, 15) is 9.90 Å². The predicted octanol–water partition coefficient (Wildman–Crippen LogP) is 2.64. The number of nitrogens with zero attached hydrogens (tertiary/aromatic N) is 3. The molecule has 0 radical (unpaired) electrons. The standard InChI is InChI=1S/C16H14N4O3S/c1-9-12(7-21)24-14-13(9)17-8-18-15(14)20-19-6-10-2-4-11(5-3-10)16(22)23/h2-6,8,21H,7H2,1H3,(H,22,23)(H,17,18,20). The zero-order valence-electron chi connectivity index (χ0n) is 12.7. The van der Waals surface area contributed by atoms with Gasteiger partial charge >= 0.3 is 5.97 Å². The zero-order valence-corrected chi connectivity index (χ0v) is 13.5. The summed E-state index contributed by atoms with van der Waals surface area (Å²) in [6.07, 6.45) is 3.02. The number of hydrogen-bond donors (Lipinski definition) is 3. The lowest BCUT2D eigenvalue weighted by Gasteiger charge is -2.00. The Morgan fingerprint density at radius 1 is 1.33 bits per heavy atom. The summed E-state index contributed by atoms with van der Waals surface area (Å²) in [6.45, 7) is 1.87. The number of nitrogens with one attached hydrogen (secondary N) is 1. The van der Waals surface area contributed by atoms with Crippen molar-refractivity contribution in [2.75, 3.05) is 5.43 Å². The SMILES string of the molecule is Cc1c(CO)sc2c(NN=Cc3ccc(C(=O)O)cc3)ncnc12. The summed E-state index contributed by atoms with van der Waals surface area (Å²) in [5.41, 5.74) is 5.59. The van der Waals surface area contributed by atoms with Gasteiger partial charge in [-0.3, -0.25) is 5.43 Å². The number of aromatic nitrogens is 2. The Bertz CT molecular complexity index is 919. The maximum absolute atomic E-state index is 10.8. The molecule has 1 aromatic carbocycles. The van der Waals surface area contributed by atoms with E-state index in [1.165, 1.54) is 29.8 Å². The Balaban J connectivity index is 1.81. The molecule has 0 saturated heterocycles. The quantitative estimate of drug-likeness (QED) is 0.486. The topological polar surface area (TPSA) is 108 Å². The number of thiophene rings is 1. The van der Waals surface area contributed by atoms with Crippen LogP contribution in [-0.4, -0.2) is 32.4 Å². The Kier molecular flexibility index (Phi) is 4.50. The minimum absolute atomic E-state index is 0.0362. The first-order valence-corrected chi connectivity index (χ1v) is 7.88. The van der Waals surface area contributed by atoms with Gasteiger partial charge in [0, 0.05) is 4.88 Å². The molecule has 0 bridgehead atoms. The Hall–Kier alpha value is -2.84. The maximum Gasteiger partial charge on any atom is 0.335 e. The molecule has 0 aliphatic carbocycles. The molecular formula is C16H14N4O3S. The molecule has 3 aromatic rings. The summed E-state index contributed by atoms with van der Waals surface area (Å²) in [5, 5.41) is 22.4. The third-order valence-electron chi connectivity index (χ3n) is 3.49. The van der Waals surface area contributed by atoms with E-state index < -0.39 is 5.97 Å². The first kappa shape index (κ1) is 16.0. The molecule has 0 aliphatic heterocycles. The Labute approximate surface area is 141 Å². The monoisotopic (exact) mass is 342 g/mol. The highest BCUT2D eigenvalue weighted by Gasteiger charge is 2.12. The molecule has 0 saturated carbocycles. The lowest BCUT2D eigenvalue weighted by atomic mass is 10.1. The Morgan fingerprint density at radius 3 is 2.75 bits per heavy atom. The van der Waals surface area contributed by atoms with Crippen molar-refractivity contribution in [1.29, 1.82) is 0 Å². The smallest absolute Gasteiger partial charge is 0.335 e. The van der Waals surface area contributed by atoms with Crippen molar-refractivity contribution < 1.29 is 15.0 Å². The number of benzene rings is 1. The number of aliphatic hydroxyl groups is 1. The molecule has 0 unspecified atom stereocenters. The van der Waals surface area contributed by atoms with Gasteiger partial charge in [-0.1, -0.05) is 12.1 Å². The first-order valence-electron chi connectivity index (χ1n) is 7.06. The first-order chi connectivity index (χ1) is 11.6. The van der Waals surface area contributed by atoms with Crippen LogP contribution in [0.15, 0.2) is 35.7 Å². The van der Waals surface area contributed by atoms with Crippen LogP contribution in [0, 0.1) is 6.92 Å². The molecule has 7 nitrogen and oxygen atoms in total. The molecule has 122 valence electrons. The fraction of sp³-hybridized carbons (Fsp3) is 0.125. The van der Waals surface area contributed by atoms with E-state index in [1.54, 1.807) is 18.3 Å². The van der Waals surface area contributed by atoms with E-state index in [0.717, 1.165) is 26.2 Å². The number of aryl methyl sites for hydroxylation is 1. The molecule has 3 N–H and O–H groups in total. The second-order valence-corrected chi connectivity index (χ2v) is 6.11. The van der Waals surface area contributed by atoms with Crippen molar-refractivity contribution in [3.05, 3.63) is 52.2 Å². The van der Waals surface area contributed by atoms with Gasteiger partial charge in [0.1, 0.15) is 6.33 Å². The fourth-order valence-corrected chi connectivity index (χ4v) is 3.24. The lowest BCUT2D eigenvalue weighted by molar-refractivity contribution is 0.0697. The van der Waals surface area contributed by atoms with E-state index in [-0.39, 0.29) is 12.2 Å². The molecule has 0 fully saturated rings. The van der Waals surface area contributed by atoms with Gasteiger partial charge in [0.25, 0.3) is 0 Å². The molecule has 0 amide bonds. The predicted molar refractivity (Wildman–Crippen MR) is 92.7 cm³/mol. The van der Waals surface area contributed by atoms with Crippen LogP contribution in [0.1, 0.15) is 26.4 Å². The number of hydrazone groups is 1. The van der Waals surface area contributed by atoms with Gasteiger partial charge in [-0.25, -0.2) is 14.8 Å². The summed E-state index contributed by atoms with van der Waals surface area (Å²) in [7, 11) is 0. The molecule has 0 aliphatic rings. The van der Waals surface area contributed by atoms with Crippen molar-refractivity contribution in [3.63, 3.8) is 0 Å². The molecular weight excluding hydrogens is 328 g/mol. The third-order valence-corrected chi connectivity index (χ3v) is 4.76. The molecule has 3 rings (SSSR count). The summed E-state index contributed by atoms with van der Waals surface area (Å²) >= 11 is 1.43. The van der Waals surface area contributed by atoms with Crippen LogP contribution in [0.3, 0.4) is 0 Å². The van der Waals surface area contributed by atoms with Crippen LogP contribution < -0.4 is 5.43 Å². The van der Waals surface area contributed by atoms with Gasteiger partial charge in [-0.15, -0.1) is 11.3 Å². The van der Waals surface area contributed by atoms with Gasteiger partial charge in [0.05, 0.1) is 28.6 Å². The largest absolute Gasteiger partial charge is 0.478 e. The Morgan fingerprint density at radius 2 is 2.08 bits per heavy atom. The van der Waals surface area contributed by atoms with Gasteiger partial charge < -0.3 is 10.2 Å². The van der Waals surface area contributed by atoms with E-state index in [1.807, 2.05) is 6.92 Å². The fourth-order valence-electron chi connectivity index (χ4n) is 2.18. The number of hydrogen-bond acceptors (Lipinski definition) is 7. The molecule has 0 spiro atoms. The number of carbonyl (C=O) groups is 1. The van der Waals surface area contributed by atoms with Crippen LogP contribution >= 0.6 is 11.3 Å². The van der Waals surface area contributed by atoms with Crippen LogP contribution in [-0.2, 0) is 6.61 Å². The summed E-state index contributed by atoms with van der Waals surface area (Å²) < 4.78 is 0.831. The normalized spacial score (nSPS) is 11.2. The van der Waals surface area contributed by atoms with E-state index in [0.29, 0.717) is 5.82 Å². The lowest BCUT2D eigenvalue weighted by Crippen LogP contribution is -1.97. The average molecular weight is 342 g/mol. The van der Waals surface area contributed by atoms with Crippen molar-refractivity contribution >= 4 is 39.6 Å². The molecule has 24 heavy (non-hydrogen) atoms. The molecule has 2 aromatic heterocycles. The number of rotatable bonds is 5. The van der Waals surface area contributed by atoms with Gasteiger partial charge in [0.2, 0.25) is 0 Å². The second kappa shape index (κ2) is 6.73. The third kappa shape index (κ3) is 3.10. The average Bonchev–Trinajstić information content (AvgIpc) is 2.92. The second-order valence-electron chi connectivity index (χ2n) is 5.01. The van der Waals surface area contributed by atoms with Crippen LogP contribution in [0.4, 0.5) is 5.82 Å². The molecule has 8 heteroatoms. The highest BCUT2D eigenvalue weighted by Crippen LogP contribution is 2.33. The number of aromatic carboxylic acids is 1. The zero-order chi connectivity index (χ0) is 17.1. The number of fused-ring (bicyclic) bond motifs is 1. The maximum atomic E-state index is 10.8. The van der Waals surface area contributed by atoms with Gasteiger partial charge in [-0.2, -0.15) is 5.10 Å².